The standard InChI is InChI=1S/C11H20N2O2S/c1-9-3-2-4-10(7-9)8-12-11(15)13(16)5-6-14/h7,10,14,16H,2-6,8H2,1H3,(H,12,15). The van der Waals surface area contributed by atoms with Crippen molar-refractivity contribution >= 4 is 18.8 Å². The molecule has 1 aliphatic carbocycles. The molecule has 0 heterocycles. The minimum atomic E-state index is -0.242. The second-order valence-electron chi connectivity index (χ2n) is 4.20. The van der Waals surface area contributed by atoms with Crippen LogP contribution in [0, 0.1) is 5.92 Å². The third-order valence-corrected chi connectivity index (χ3v) is 3.11. The Morgan fingerprint density at radius 2 is 2.50 bits per heavy atom. The molecule has 1 aliphatic rings. The Morgan fingerprint density at radius 3 is 3.12 bits per heavy atom. The highest BCUT2D eigenvalue weighted by molar-refractivity contribution is 7.78. The van der Waals surface area contributed by atoms with E-state index >= 15 is 0 Å². The summed E-state index contributed by atoms with van der Waals surface area (Å²) in [4.78, 5) is 11.5. The van der Waals surface area contributed by atoms with Crippen LogP contribution in [0.1, 0.15) is 26.2 Å². The Morgan fingerprint density at radius 1 is 1.75 bits per heavy atom. The van der Waals surface area contributed by atoms with Gasteiger partial charge in [-0.2, -0.15) is 0 Å². The van der Waals surface area contributed by atoms with E-state index in [2.05, 4.69) is 31.1 Å². The van der Waals surface area contributed by atoms with Gasteiger partial charge in [0.05, 0.1) is 13.2 Å². The summed E-state index contributed by atoms with van der Waals surface area (Å²) < 4.78 is 1.19. The average Bonchev–Trinajstić information content (AvgIpc) is 2.26. The van der Waals surface area contributed by atoms with E-state index in [-0.39, 0.29) is 19.2 Å². The average molecular weight is 244 g/mol. The number of aliphatic hydroxyl groups excluding tert-OH is 1. The summed E-state index contributed by atoms with van der Waals surface area (Å²) in [6, 6.07) is -0.242. The highest BCUT2D eigenvalue weighted by Crippen LogP contribution is 2.21. The number of thiol groups is 1. The highest BCUT2D eigenvalue weighted by atomic mass is 32.1. The molecule has 0 radical (unpaired) electrons. The van der Waals surface area contributed by atoms with Gasteiger partial charge in [-0.3, -0.25) is 4.31 Å². The lowest BCUT2D eigenvalue weighted by Gasteiger charge is -2.21. The number of hydrogen-bond donors (Lipinski definition) is 3. The number of hydrogen-bond acceptors (Lipinski definition) is 3. The van der Waals surface area contributed by atoms with Crippen LogP contribution in [-0.2, 0) is 0 Å². The fraction of sp³-hybridized carbons (Fsp3) is 0.727. The van der Waals surface area contributed by atoms with Gasteiger partial charge in [0.1, 0.15) is 0 Å². The van der Waals surface area contributed by atoms with E-state index in [0.29, 0.717) is 12.5 Å². The van der Waals surface area contributed by atoms with Crippen molar-refractivity contribution in [2.45, 2.75) is 26.2 Å². The smallest absolute Gasteiger partial charge is 0.327 e. The molecule has 0 fully saturated rings. The second-order valence-corrected chi connectivity index (χ2v) is 4.68. The maximum Gasteiger partial charge on any atom is 0.327 e. The van der Waals surface area contributed by atoms with E-state index < -0.39 is 0 Å². The Labute approximate surface area is 102 Å². The number of urea groups is 1. The monoisotopic (exact) mass is 244 g/mol. The molecule has 0 aromatic rings. The number of carbonyl (C=O) groups is 1. The number of amides is 2. The van der Waals surface area contributed by atoms with Gasteiger partial charge in [0.25, 0.3) is 0 Å². The highest BCUT2D eigenvalue weighted by Gasteiger charge is 2.14. The second kappa shape index (κ2) is 6.81. The topological polar surface area (TPSA) is 52.6 Å². The predicted octanol–water partition coefficient (Wildman–Crippen LogP) is 1.58. The van der Waals surface area contributed by atoms with Crippen LogP contribution in [-0.4, -0.2) is 35.1 Å². The molecule has 1 unspecified atom stereocenters. The number of rotatable bonds is 4. The first kappa shape index (κ1) is 13.4. The molecular formula is C11H20N2O2S. The molecule has 0 spiro atoms. The van der Waals surface area contributed by atoms with Crippen molar-refractivity contribution < 1.29 is 9.90 Å². The number of carbonyl (C=O) groups excluding carboxylic acids is 1. The van der Waals surface area contributed by atoms with Gasteiger partial charge < -0.3 is 10.4 Å². The van der Waals surface area contributed by atoms with Crippen molar-refractivity contribution in [2.75, 3.05) is 19.7 Å². The molecule has 0 aliphatic heterocycles. The van der Waals surface area contributed by atoms with Gasteiger partial charge in [-0.25, -0.2) is 4.79 Å². The molecule has 4 nitrogen and oxygen atoms in total. The molecule has 0 saturated carbocycles. The Hall–Kier alpha value is -0.680. The molecule has 0 aromatic carbocycles. The van der Waals surface area contributed by atoms with Crippen LogP contribution >= 0.6 is 12.8 Å². The lowest BCUT2D eigenvalue weighted by Crippen LogP contribution is -2.38. The summed E-state index contributed by atoms with van der Waals surface area (Å²) in [5.74, 6) is 0.438. The normalized spacial score (nSPS) is 20.2. The van der Waals surface area contributed by atoms with E-state index in [1.165, 1.54) is 22.7 Å². The van der Waals surface area contributed by atoms with Gasteiger partial charge in [0, 0.05) is 6.54 Å². The SMILES string of the molecule is CC1=CC(CNC(=O)N(S)CCO)CCC1. The van der Waals surface area contributed by atoms with Crippen LogP contribution in [0.3, 0.4) is 0 Å². The van der Waals surface area contributed by atoms with E-state index in [0.717, 1.165) is 6.42 Å². The Kier molecular flexibility index (Phi) is 5.69. The zero-order valence-corrected chi connectivity index (χ0v) is 10.5. The van der Waals surface area contributed by atoms with Crippen LogP contribution in [0.4, 0.5) is 4.79 Å². The molecule has 0 bridgehead atoms. The predicted molar refractivity (Wildman–Crippen MR) is 67.3 cm³/mol. The molecule has 1 atom stereocenters. The van der Waals surface area contributed by atoms with Crippen molar-refractivity contribution in [3.8, 4) is 0 Å². The van der Waals surface area contributed by atoms with Crippen LogP contribution in [0.15, 0.2) is 11.6 Å². The van der Waals surface area contributed by atoms with E-state index in [9.17, 15) is 4.79 Å². The number of nitrogens with zero attached hydrogens (tertiary/aromatic N) is 1. The van der Waals surface area contributed by atoms with Gasteiger partial charge >= 0.3 is 6.03 Å². The zero-order chi connectivity index (χ0) is 12.0. The maximum atomic E-state index is 11.5. The molecule has 1 rings (SSSR count). The Balaban J connectivity index is 2.28. The van der Waals surface area contributed by atoms with Crippen LogP contribution in [0.25, 0.3) is 0 Å². The van der Waals surface area contributed by atoms with Crippen LogP contribution < -0.4 is 5.32 Å². The van der Waals surface area contributed by atoms with Gasteiger partial charge in [-0.15, -0.1) is 0 Å². The molecule has 0 saturated heterocycles. The maximum absolute atomic E-state index is 11.5. The van der Waals surface area contributed by atoms with E-state index in [4.69, 9.17) is 5.11 Å². The van der Waals surface area contributed by atoms with Crippen molar-refractivity contribution in [1.82, 2.24) is 9.62 Å². The van der Waals surface area contributed by atoms with Gasteiger partial charge in [-0.1, -0.05) is 24.5 Å². The largest absolute Gasteiger partial charge is 0.394 e. The summed E-state index contributed by atoms with van der Waals surface area (Å²) in [5.41, 5.74) is 1.41. The number of aliphatic hydroxyl groups is 1. The quantitative estimate of drug-likeness (QED) is 0.519. The molecular weight excluding hydrogens is 224 g/mol. The van der Waals surface area contributed by atoms with Crippen molar-refractivity contribution in [1.29, 1.82) is 0 Å². The minimum Gasteiger partial charge on any atom is -0.394 e. The van der Waals surface area contributed by atoms with E-state index in [1.54, 1.807) is 0 Å². The summed E-state index contributed by atoms with van der Waals surface area (Å²) >= 11 is 3.97. The van der Waals surface area contributed by atoms with Gasteiger partial charge in [0.2, 0.25) is 0 Å². The summed E-state index contributed by atoms with van der Waals surface area (Å²) in [7, 11) is 0. The van der Waals surface area contributed by atoms with Crippen LogP contribution in [0.2, 0.25) is 0 Å². The van der Waals surface area contributed by atoms with E-state index in [1.807, 2.05) is 0 Å². The van der Waals surface area contributed by atoms with Gasteiger partial charge in [0.15, 0.2) is 0 Å². The zero-order valence-electron chi connectivity index (χ0n) is 9.65. The third kappa shape index (κ3) is 4.45. The molecule has 16 heavy (non-hydrogen) atoms. The molecule has 0 aromatic heterocycles. The lowest BCUT2D eigenvalue weighted by atomic mass is 9.91. The first-order valence-corrected chi connectivity index (χ1v) is 6.06. The molecule has 92 valence electrons. The fourth-order valence-electron chi connectivity index (χ4n) is 1.88. The summed E-state index contributed by atoms with van der Waals surface area (Å²) in [6.45, 7) is 2.96. The van der Waals surface area contributed by atoms with Crippen LogP contribution in [0.5, 0.6) is 0 Å². The molecule has 2 amide bonds. The van der Waals surface area contributed by atoms with Crippen molar-refractivity contribution in [2.24, 2.45) is 5.92 Å². The molecule has 2 N–H and O–H groups in total. The summed E-state index contributed by atoms with van der Waals surface area (Å²) in [6.07, 6.45) is 5.74. The third-order valence-electron chi connectivity index (χ3n) is 2.73. The van der Waals surface area contributed by atoms with Crippen molar-refractivity contribution in [3.05, 3.63) is 11.6 Å². The summed E-state index contributed by atoms with van der Waals surface area (Å²) in [5, 5.41) is 11.5. The van der Waals surface area contributed by atoms with Crippen molar-refractivity contribution in [3.63, 3.8) is 0 Å². The Bertz CT molecular complexity index is 269. The first-order chi connectivity index (χ1) is 7.63. The van der Waals surface area contributed by atoms with Gasteiger partial charge in [-0.05, 0) is 32.1 Å². The minimum absolute atomic E-state index is 0.0701. The number of nitrogens with one attached hydrogen (secondary N) is 1. The fourth-order valence-corrected chi connectivity index (χ4v) is 2.04. The molecule has 5 heteroatoms. The number of allylic oxidation sites excluding steroid dienone is 1. The lowest BCUT2D eigenvalue weighted by molar-refractivity contribution is 0.212. The first-order valence-electron chi connectivity index (χ1n) is 5.66.